The topological polar surface area (TPSA) is 17.8 Å². The van der Waals surface area contributed by atoms with Gasteiger partial charge in [0, 0.05) is 9.86 Å². The normalized spacial score (nSPS) is 12.5. The third-order valence-corrected chi connectivity index (χ3v) is 3.73. The first-order chi connectivity index (χ1) is 9.29. The largest absolute Gasteiger partial charge is 0.254 e. The molecule has 0 amide bonds. The molecule has 3 rings (SSSR count). The highest BCUT2D eigenvalue weighted by atomic mass is 79.9. The lowest BCUT2D eigenvalue weighted by Crippen LogP contribution is -2.09. The van der Waals surface area contributed by atoms with E-state index in [1.165, 1.54) is 5.56 Å². The molecule has 0 radical (unpaired) electrons. The van der Waals surface area contributed by atoms with Crippen molar-refractivity contribution in [3.8, 4) is 0 Å². The number of fused-ring (bicyclic) bond motifs is 1. The van der Waals surface area contributed by atoms with E-state index in [-0.39, 0.29) is 6.04 Å². The van der Waals surface area contributed by atoms with Crippen molar-refractivity contribution in [2.45, 2.75) is 6.04 Å². The number of allylic oxidation sites excluding steroid dienone is 1. The summed E-state index contributed by atoms with van der Waals surface area (Å²) < 4.78 is 3.08. The summed E-state index contributed by atoms with van der Waals surface area (Å²) >= 11 is 3.46. The van der Waals surface area contributed by atoms with Gasteiger partial charge in [0.2, 0.25) is 0 Å². The number of hydrogen-bond donors (Lipinski definition) is 0. The second-order valence-corrected chi connectivity index (χ2v) is 5.30. The molecule has 2 aromatic carbocycles. The standard InChI is InChI=1S/C16H13BrN2/c1-2-15(12-7-9-14(17)10-8-12)19-16-6-4-3-5-13(16)11-18-19/h2-11,15H,1H2. The average Bonchev–Trinajstić information content (AvgIpc) is 2.86. The summed E-state index contributed by atoms with van der Waals surface area (Å²) in [6.07, 6.45) is 3.81. The zero-order chi connectivity index (χ0) is 13.2. The van der Waals surface area contributed by atoms with Gasteiger partial charge in [-0.05, 0) is 23.8 Å². The molecular weight excluding hydrogens is 300 g/mol. The van der Waals surface area contributed by atoms with Crippen molar-refractivity contribution in [1.29, 1.82) is 0 Å². The van der Waals surface area contributed by atoms with E-state index >= 15 is 0 Å². The summed E-state index contributed by atoms with van der Waals surface area (Å²) in [5.41, 5.74) is 2.29. The van der Waals surface area contributed by atoms with Crippen LogP contribution in [0.15, 0.2) is 71.9 Å². The summed E-state index contributed by atoms with van der Waals surface area (Å²) in [5, 5.41) is 5.64. The summed E-state index contributed by atoms with van der Waals surface area (Å²) in [5.74, 6) is 0. The lowest BCUT2D eigenvalue weighted by atomic mass is 10.1. The van der Waals surface area contributed by atoms with E-state index in [0.717, 1.165) is 15.4 Å². The highest BCUT2D eigenvalue weighted by Gasteiger charge is 2.13. The minimum atomic E-state index is 0.0491. The molecule has 3 aromatic rings. The molecule has 0 bridgehead atoms. The Morgan fingerprint density at radius 3 is 2.58 bits per heavy atom. The third kappa shape index (κ3) is 2.22. The maximum absolute atomic E-state index is 4.50. The van der Waals surface area contributed by atoms with Gasteiger partial charge in [0.05, 0.1) is 17.8 Å². The van der Waals surface area contributed by atoms with Crippen molar-refractivity contribution in [3.05, 3.63) is 77.4 Å². The van der Waals surface area contributed by atoms with Crippen LogP contribution >= 0.6 is 15.9 Å². The molecule has 1 heterocycles. The number of benzene rings is 2. The highest BCUT2D eigenvalue weighted by Crippen LogP contribution is 2.25. The van der Waals surface area contributed by atoms with Crippen LogP contribution in [0.5, 0.6) is 0 Å². The van der Waals surface area contributed by atoms with Gasteiger partial charge in [0.15, 0.2) is 0 Å². The SMILES string of the molecule is C=CC(c1ccc(Br)cc1)n1ncc2ccccc21. The number of rotatable bonds is 3. The van der Waals surface area contributed by atoms with Crippen molar-refractivity contribution in [3.63, 3.8) is 0 Å². The van der Waals surface area contributed by atoms with Crippen LogP contribution in [0.25, 0.3) is 10.9 Å². The maximum atomic E-state index is 4.50. The molecule has 3 heteroatoms. The van der Waals surface area contributed by atoms with Crippen LogP contribution in [0.2, 0.25) is 0 Å². The Morgan fingerprint density at radius 2 is 1.84 bits per heavy atom. The van der Waals surface area contributed by atoms with E-state index < -0.39 is 0 Å². The molecule has 0 saturated heterocycles. The summed E-state index contributed by atoms with van der Waals surface area (Å²) in [6, 6.07) is 16.5. The number of para-hydroxylation sites is 1. The van der Waals surface area contributed by atoms with Crippen LogP contribution in [0, 0.1) is 0 Å². The zero-order valence-corrected chi connectivity index (χ0v) is 11.9. The molecule has 2 nitrogen and oxygen atoms in total. The van der Waals surface area contributed by atoms with Crippen molar-refractivity contribution in [1.82, 2.24) is 9.78 Å². The Kier molecular flexibility index (Phi) is 3.22. The monoisotopic (exact) mass is 312 g/mol. The van der Waals surface area contributed by atoms with Gasteiger partial charge in [0.1, 0.15) is 0 Å². The second-order valence-electron chi connectivity index (χ2n) is 4.38. The smallest absolute Gasteiger partial charge is 0.0954 e. The molecule has 0 saturated carbocycles. The first-order valence-corrected chi connectivity index (χ1v) is 6.89. The molecule has 19 heavy (non-hydrogen) atoms. The van der Waals surface area contributed by atoms with Crippen LogP contribution in [-0.4, -0.2) is 9.78 Å². The number of hydrogen-bond acceptors (Lipinski definition) is 1. The van der Waals surface area contributed by atoms with Gasteiger partial charge in [-0.3, -0.25) is 4.68 Å². The minimum Gasteiger partial charge on any atom is -0.254 e. The third-order valence-electron chi connectivity index (χ3n) is 3.20. The number of nitrogens with zero attached hydrogens (tertiary/aromatic N) is 2. The van der Waals surface area contributed by atoms with Crippen LogP contribution < -0.4 is 0 Å². The Labute approximate surface area is 120 Å². The second kappa shape index (κ2) is 5.02. The van der Waals surface area contributed by atoms with Gasteiger partial charge < -0.3 is 0 Å². The molecule has 0 fully saturated rings. The fourth-order valence-corrected chi connectivity index (χ4v) is 2.52. The fraction of sp³-hybridized carbons (Fsp3) is 0.0625. The summed E-state index contributed by atoms with van der Waals surface area (Å²) in [7, 11) is 0. The average molecular weight is 313 g/mol. The van der Waals surface area contributed by atoms with Gasteiger partial charge in [-0.1, -0.05) is 52.3 Å². The van der Waals surface area contributed by atoms with Crippen molar-refractivity contribution in [2.24, 2.45) is 0 Å². The highest BCUT2D eigenvalue weighted by molar-refractivity contribution is 9.10. The Morgan fingerprint density at radius 1 is 1.11 bits per heavy atom. The summed E-state index contributed by atoms with van der Waals surface area (Å²) in [4.78, 5) is 0. The minimum absolute atomic E-state index is 0.0491. The number of aromatic nitrogens is 2. The lowest BCUT2D eigenvalue weighted by Gasteiger charge is -2.15. The molecule has 0 aliphatic heterocycles. The summed E-state index contributed by atoms with van der Waals surface area (Å²) in [6.45, 7) is 3.95. The fourth-order valence-electron chi connectivity index (χ4n) is 2.25. The van der Waals surface area contributed by atoms with E-state index in [2.05, 4.69) is 51.9 Å². The predicted molar refractivity (Wildman–Crippen MR) is 82.2 cm³/mol. The van der Waals surface area contributed by atoms with Gasteiger partial charge >= 0.3 is 0 Å². The first-order valence-electron chi connectivity index (χ1n) is 6.10. The van der Waals surface area contributed by atoms with E-state index in [9.17, 15) is 0 Å². The van der Waals surface area contributed by atoms with Crippen molar-refractivity contribution < 1.29 is 0 Å². The van der Waals surface area contributed by atoms with Crippen molar-refractivity contribution >= 4 is 26.8 Å². The zero-order valence-electron chi connectivity index (χ0n) is 10.3. The predicted octanol–water partition coefficient (Wildman–Crippen LogP) is 4.57. The number of halogens is 1. The Balaban J connectivity index is 2.12. The molecule has 94 valence electrons. The maximum Gasteiger partial charge on any atom is 0.0954 e. The van der Waals surface area contributed by atoms with Gasteiger partial charge in [0.25, 0.3) is 0 Å². The van der Waals surface area contributed by atoms with Gasteiger partial charge in [-0.15, -0.1) is 6.58 Å². The van der Waals surface area contributed by atoms with E-state index in [0.29, 0.717) is 0 Å². The van der Waals surface area contributed by atoms with Crippen LogP contribution in [0.4, 0.5) is 0 Å². The molecule has 0 N–H and O–H groups in total. The van der Waals surface area contributed by atoms with E-state index in [4.69, 9.17) is 0 Å². The van der Waals surface area contributed by atoms with Crippen LogP contribution in [-0.2, 0) is 0 Å². The Bertz CT molecular complexity index is 713. The molecular formula is C16H13BrN2. The van der Waals surface area contributed by atoms with Gasteiger partial charge in [-0.2, -0.15) is 5.10 Å². The molecule has 1 aromatic heterocycles. The van der Waals surface area contributed by atoms with E-state index in [1.54, 1.807) is 0 Å². The Hall–Kier alpha value is -1.87. The van der Waals surface area contributed by atoms with Crippen LogP contribution in [0.3, 0.4) is 0 Å². The quantitative estimate of drug-likeness (QED) is 0.648. The molecule has 0 aliphatic rings. The van der Waals surface area contributed by atoms with E-state index in [1.807, 2.05) is 41.2 Å². The van der Waals surface area contributed by atoms with Crippen LogP contribution in [0.1, 0.15) is 11.6 Å². The molecule has 1 atom stereocenters. The molecule has 0 aliphatic carbocycles. The lowest BCUT2D eigenvalue weighted by molar-refractivity contribution is 0.634. The van der Waals surface area contributed by atoms with Crippen molar-refractivity contribution in [2.75, 3.05) is 0 Å². The van der Waals surface area contributed by atoms with Gasteiger partial charge in [-0.25, -0.2) is 0 Å². The first kappa shape index (κ1) is 12.2. The molecule has 1 unspecified atom stereocenters. The molecule has 0 spiro atoms.